The zero-order valence-corrected chi connectivity index (χ0v) is 23.5. The second-order valence-electron chi connectivity index (χ2n) is 10.5. The Kier molecular flexibility index (Phi) is 25.0. The lowest BCUT2D eigenvalue weighted by molar-refractivity contribution is -0.890. The van der Waals surface area contributed by atoms with Gasteiger partial charge >= 0.3 is 7.60 Å². The Morgan fingerprint density at radius 1 is 0.531 bits per heavy atom. The molecule has 0 aromatic rings. The van der Waals surface area contributed by atoms with E-state index in [4.69, 9.17) is 9.79 Å². The monoisotopic (exact) mass is 497 g/mol. The van der Waals surface area contributed by atoms with Crippen LogP contribution in [0.4, 0.5) is 0 Å². The highest BCUT2D eigenvalue weighted by molar-refractivity contribution is 7.51. The van der Waals surface area contributed by atoms with Crippen LogP contribution in [0.25, 0.3) is 0 Å². The van der Waals surface area contributed by atoms with Crippen molar-refractivity contribution in [2.45, 2.75) is 135 Å². The van der Waals surface area contributed by atoms with E-state index >= 15 is 0 Å². The van der Waals surface area contributed by atoms with Crippen LogP contribution in [-0.2, 0) is 4.57 Å². The third-order valence-electron chi connectivity index (χ3n) is 6.58. The number of quaternary nitrogens is 1. The minimum Gasteiger partial charge on any atom is -1.00 e. The molecule has 0 saturated carbocycles. The first-order chi connectivity index (χ1) is 14.8. The molecule has 0 radical (unpaired) electrons. The Morgan fingerprint density at radius 2 is 0.812 bits per heavy atom. The quantitative estimate of drug-likeness (QED) is 0.111. The number of halogens is 1. The van der Waals surface area contributed by atoms with Crippen LogP contribution in [0.1, 0.15) is 135 Å². The molecule has 0 saturated heterocycles. The highest BCUT2D eigenvalue weighted by atomic mass is 35.5. The van der Waals surface area contributed by atoms with Gasteiger partial charge in [0.1, 0.15) is 0 Å². The van der Waals surface area contributed by atoms with Crippen LogP contribution in [0.3, 0.4) is 0 Å². The summed E-state index contributed by atoms with van der Waals surface area (Å²) in [5.74, 6) is 0. The largest absolute Gasteiger partial charge is 1.00 e. The lowest BCUT2D eigenvalue weighted by Gasteiger charge is -2.30. The van der Waals surface area contributed by atoms with E-state index in [0.717, 1.165) is 12.8 Å². The van der Waals surface area contributed by atoms with Crippen molar-refractivity contribution >= 4 is 7.60 Å². The van der Waals surface area contributed by atoms with Gasteiger partial charge in [-0.15, -0.1) is 0 Å². The average molecular weight is 498 g/mol. The summed E-state index contributed by atoms with van der Waals surface area (Å²) >= 11 is 0. The van der Waals surface area contributed by atoms with E-state index in [9.17, 15) is 4.57 Å². The molecule has 0 aliphatic heterocycles. The van der Waals surface area contributed by atoms with Crippen LogP contribution < -0.4 is 12.4 Å². The van der Waals surface area contributed by atoms with Gasteiger partial charge in [-0.1, -0.05) is 103 Å². The van der Waals surface area contributed by atoms with Gasteiger partial charge in [-0.05, 0) is 32.1 Å². The van der Waals surface area contributed by atoms with E-state index in [0.29, 0.717) is 6.42 Å². The molecule has 0 bridgehead atoms. The van der Waals surface area contributed by atoms with Gasteiger partial charge in [-0.25, -0.2) is 0 Å². The maximum absolute atomic E-state index is 10.8. The number of hydrogen-bond acceptors (Lipinski definition) is 1. The summed E-state index contributed by atoms with van der Waals surface area (Å²) < 4.78 is 12.0. The molecule has 4 nitrogen and oxygen atoms in total. The van der Waals surface area contributed by atoms with Crippen molar-refractivity contribution < 1.29 is 31.2 Å². The first-order valence-electron chi connectivity index (χ1n) is 13.6. The molecule has 0 atom stereocenters. The summed E-state index contributed by atoms with van der Waals surface area (Å²) in [5.41, 5.74) is 0. The van der Waals surface area contributed by atoms with E-state index in [1.165, 1.54) is 127 Å². The Labute approximate surface area is 207 Å². The van der Waals surface area contributed by atoms with Crippen molar-refractivity contribution in [2.75, 3.05) is 33.3 Å². The standard InChI is InChI=1S/C26H56NO3P.ClH/c1-4-5-6-7-8-9-12-15-18-21-24-27(2,3)25-22-19-16-13-10-11-14-17-20-23-26-31(28,29)30;/h4-26H2,1-3H3,(H-,28,29,30);1H. The molecule has 0 heterocycles. The Morgan fingerprint density at radius 3 is 1.12 bits per heavy atom. The summed E-state index contributed by atoms with van der Waals surface area (Å²) in [5, 5.41) is 0. The molecule has 2 N–H and O–H groups in total. The zero-order chi connectivity index (χ0) is 23.3. The Balaban J connectivity index is 0. The number of unbranched alkanes of at least 4 members (excludes halogenated alkanes) is 18. The predicted octanol–water partition coefficient (Wildman–Crippen LogP) is 5.07. The molecular weight excluding hydrogens is 441 g/mol. The summed E-state index contributed by atoms with van der Waals surface area (Å²) in [7, 11) is 1.03. The summed E-state index contributed by atoms with van der Waals surface area (Å²) in [6, 6.07) is 0. The topological polar surface area (TPSA) is 57.5 Å². The predicted molar refractivity (Wildman–Crippen MR) is 137 cm³/mol. The van der Waals surface area contributed by atoms with Crippen LogP contribution in [0.5, 0.6) is 0 Å². The zero-order valence-electron chi connectivity index (χ0n) is 21.8. The van der Waals surface area contributed by atoms with Crippen molar-refractivity contribution in [2.24, 2.45) is 0 Å². The maximum Gasteiger partial charge on any atom is 0.325 e. The van der Waals surface area contributed by atoms with E-state index in [1.54, 1.807) is 0 Å². The van der Waals surface area contributed by atoms with Gasteiger partial charge in [-0.2, -0.15) is 0 Å². The molecule has 0 spiro atoms. The molecule has 32 heavy (non-hydrogen) atoms. The minimum absolute atomic E-state index is 0. The molecule has 196 valence electrons. The van der Waals surface area contributed by atoms with Crippen molar-refractivity contribution in [1.82, 2.24) is 0 Å². The Bertz CT molecular complexity index is 429. The van der Waals surface area contributed by atoms with Crippen LogP contribution in [-0.4, -0.2) is 47.6 Å². The number of rotatable bonds is 24. The molecule has 0 aliphatic rings. The van der Waals surface area contributed by atoms with E-state index < -0.39 is 7.60 Å². The molecule has 0 aromatic heterocycles. The fourth-order valence-electron chi connectivity index (χ4n) is 4.41. The van der Waals surface area contributed by atoms with Crippen molar-refractivity contribution in [3.05, 3.63) is 0 Å². The van der Waals surface area contributed by atoms with Crippen molar-refractivity contribution in [3.63, 3.8) is 0 Å². The molecule has 0 aromatic carbocycles. The SMILES string of the molecule is CCCCCCCCCCCC[N+](C)(C)CCCCCCCCCCCCP(=O)(O)O.[Cl-]. The fourth-order valence-corrected chi connectivity index (χ4v) is 5.05. The van der Waals surface area contributed by atoms with Gasteiger partial charge in [0.2, 0.25) is 0 Å². The second-order valence-corrected chi connectivity index (χ2v) is 12.3. The fraction of sp³-hybridized carbons (Fsp3) is 1.00. The van der Waals surface area contributed by atoms with Gasteiger partial charge in [-0.3, -0.25) is 4.57 Å². The van der Waals surface area contributed by atoms with E-state index in [2.05, 4.69) is 21.0 Å². The van der Waals surface area contributed by atoms with Gasteiger partial charge in [0.05, 0.1) is 27.2 Å². The summed E-state index contributed by atoms with van der Waals surface area (Å²) in [4.78, 5) is 17.7. The van der Waals surface area contributed by atoms with Crippen molar-refractivity contribution in [1.29, 1.82) is 0 Å². The molecule has 0 fully saturated rings. The van der Waals surface area contributed by atoms with Crippen LogP contribution >= 0.6 is 7.60 Å². The van der Waals surface area contributed by atoms with E-state index in [-0.39, 0.29) is 18.6 Å². The summed E-state index contributed by atoms with van der Waals surface area (Å²) in [6.07, 6.45) is 26.2. The molecule has 0 aliphatic carbocycles. The minimum atomic E-state index is -3.77. The third kappa shape index (κ3) is 28.4. The lowest BCUT2D eigenvalue weighted by Crippen LogP contribution is -3.00. The average Bonchev–Trinajstić information content (AvgIpc) is 2.69. The molecule has 0 unspecified atom stereocenters. The molecule has 0 amide bonds. The van der Waals surface area contributed by atoms with Crippen LogP contribution in [0, 0.1) is 0 Å². The van der Waals surface area contributed by atoms with Gasteiger partial charge in [0.25, 0.3) is 0 Å². The molecule has 0 rings (SSSR count). The maximum atomic E-state index is 10.8. The van der Waals surface area contributed by atoms with E-state index in [1.807, 2.05) is 0 Å². The number of hydrogen-bond donors (Lipinski definition) is 2. The second kappa shape index (κ2) is 23.2. The van der Waals surface area contributed by atoms with Crippen molar-refractivity contribution in [3.8, 4) is 0 Å². The number of nitrogens with zero attached hydrogens (tertiary/aromatic N) is 1. The lowest BCUT2D eigenvalue weighted by atomic mass is 10.1. The highest BCUT2D eigenvalue weighted by Crippen LogP contribution is 2.35. The molecule has 6 heteroatoms. The third-order valence-corrected chi connectivity index (χ3v) is 7.48. The Hall–Kier alpha value is 0.400. The van der Waals surface area contributed by atoms with Gasteiger partial charge < -0.3 is 26.7 Å². The van der Waals surface area contributed by atoms with Gasteiger partial charge in [0.15, 0.2) is 0 Å². The summed E-state index contributed by atoms with van der Waals surface area (Å²) in [6.45, 7) is 4.94. The molecular formula is C26H57ClNO3P. The first-order valence-corrected chi connectivity index (χ1v) is 15.4. The highest BCUT2D eigenvalue weighted by Gasteiger charge is 2.13. The van der Waals surface area contributed by atoms with Crippen LogP contribution in [0.2, 0.25) is 0 Å². The first kappa shape index (κ1) is 34.6. The smallest absolute Gasteiger partial charge is 0.325 e. The van der Waals surface area contributed by atoms with Gasteiger partial charge in [0, 0.05) is 6.16 Å². The van der Waals surface area contributed by atoms with Crippen LogP contribution in [0.15, 0.2) is 0 Å². The normalized spacial score (nSPS) is 12.2.